The van der Waals surface area contributed by atoms with Gasteiger partial charge >= 0.3 is 0 Å². The Morgan fingerprint density at radius 1 is 0.383 bits per heavy atom. The second-order valence-corrected chi connectivity index (χ2v) is 11.6. The summed E-state index contributed by atoms with van der Waals surface area (Å²) in [7, 11) is 0. The maximum atomic E-state index is 2.40. The fraction of sp³-hybridized carbons (Fsp3) is 0.234. The van der Waals surface area contributed by atoms with E-state index in [1.165, 1.54) is 72.1 Å². The van der Waals surface area contributed by atoms with E-state index < -0.39 is 0 Å². The SMILES string of the molecule is CC.CC.CCC(C)c1ccc2c3ccccc3c3ccccc3c2c1.Cc1ccc(-c2ccc(C)cc2)cc1.Cc1ccccc1. The molecule has 0 aromatic heterocycles. The predicted octanol–water partition coefficient (Wildman–Crippen LogP) is 14.7. The highest BCUT2D eigenvalue weighted by Gasteiger charge is 2.10. The van der Waals surface area contributed by atoms with Crippen molar-refractivity contribution in [1.82, 2.24) is 0 Å². The molecule has 0 N–H and O–H groups in total. The average Bonchev–Trinajstić information content (AvgIpc) is 3.14. The van der Waals surface area contributed by atoms with Crippen LogP contribution in [0, 0.1) is 20.8 Å². The lowest BCUT2D eigenvalue weighted by molar-refractivity contribution is 0.735. The highest BCUT2D eigenvalue weighted by atomic mass is 14.1. The fourth-order valence-corrected chi connectivity index (χ4v) is 5.49. The molecule has 0 heteroatoms. The zero-order valence-corrected chi connectivity index (χ0v) is 30.1. The Kier molecular flexibility index (Phi) is 14.9. The van der Waals surface area contributed by atoms with E-state index >= 15 is 0 Å². The highest BCUT2D eigenvalue weighted by Crippen LogP contribution is 2.36. The molecule has 0 aliphatic heterocycles. The van der Waals surface area contributed by atoms with E-state index in [0.717, 1.165) is 0 Å². The van der Waals surface area contributed by atoms with Crippen LogP contribution in [0.1, 0.15) is 76.1 Å². The molecule has 1 unspecified atom stereocenters. The van der Waals surface area contributed by atoms with Gasteiger partial charge in [-0.1, -0.05) is 204 Å². The van der Waals surface area contributed by atoms with Gasteiger partial charge in [0, 0.05) is 0 Å². The molecule has 0 saturated carbocycles. The van der Waals surface area contributed by atoms with Crippen molar-refractivity contribution >= 4 is 32.3 Å². The van der Waals surface area contributed by atoms with Crippen molar-refractivity contribution in [2.45, 2.75) is 74.7 Å². The molecule has 0 fully saturated rings. The Morgan fingerprint density at radius 2 is 0.723 bits per heavy atom. The van der Waals surface area contributed by atoms with E-state index in [9.17, 15) is 0 Å². The normalized spacial score (nSPS) is 10.7. The van der Waals surface area contributed by atoms with E-state index in [0.29, 0.717) is 5.92 Å². The summed E-state index contributed by atoms with van der Waals surface area (Å²) in [5.41, 5.74) is 7.95. The number of fused-ring (bicyclic) bond motifs is 6. The number of benzene rings is 7. The Hall–Kier alpha value is -4.68. The third-order valence-corrected chi connectivity index (χ3v) is 8.33. The molecule has 0 radical (unpaired) electrons. The topological polar surface area (TPSA) is 0 Å². The Morgan fingerprint density at radius 3 is 1.09 bits per heavy atom. The van der Waals surface area contributed by atoms with Gasteiger partial charge in [-0.25, -0.2) is 0 Å². The third kappa shape index (κ3) is 9.90. The fourth-order valence-electron chi connectivity index (χ4n) is 5.49. The van der Waals surface area contributed by atoms with E-state index in [2.05, 4.69) is 162 Å². The van der Waals surface area contributed by atoms with Crippen molar-refractivity contribution in [2.24, 2.45) is 0 Å². The summed E-state index contributed by atoms with van der Waals surface area (Å²) in [6.45, 7) is 18.9. The minimum absolute atomic E-state index is 0.606. The zero-order chi connectivity index (χ0) is 34.2. The minimum Gasteiger partial charge on any atom is -0.0683 e. The molecule has 0 spiro atoms. The summed E-state index contributed by atoms with van der Waals surface area (Å²) < 4.78 is 0. The van der Waals surface area contributed by atoms with Gasteiger partial charge < -0.3 is 0 Å². The molecule has 0 bridgehead atoms. The summed E-state index contributed by atoms with van der Waals surface area (Å²) in [5, 5.41) is 8.16. The van der Waals surface area contributed by atoms with Crippen molar-refractivity contribution < 1.29 is 0 Å². The van der Waals surface area contributed by atoms with Crippen molar-refractivity contribution in [1.29, 1.82) is 0 Å². The highest BCUT2D eigenvalue weighted by molar-refractivity contribution is 6.25. The Labute approximate surface area is 285 Å². The van der Waals surface area contributed by atoms with Gasteiger partial charge in [0.2, 0.25) is 0 Å². The summed E-state index contributed by atoms with van der Waals surface area (Å²) in [5.74, 6) is 0.606. The summed E-state index contributed by atoms with van der Waals surface area (Å²) in [4.78, 5) is 0. The third-order valence-electron chi connectivity index (χ3n) is 8.33. The second-order valence-electron chi connectivity index (χ2n) is 11.6. The number of aryl methyl sites for hydroxylation is 3. The molecule has 7 aromatic carbocycles. The zero-order valence-electron chi connectivity index (χ0n) is 30.1. The number of rotatable bonds is 3. The molecule has 7 rings (SSSR count). The molecular weight excluding hydrogens is 565 g/mol. The van der Waals surface area contributed by atoms with Crippen LogP contribution >= 0.6 is 0 Å². The minimum atomic E-state index is 0.606. The standard InChI is InChI=1S/C22H20.C14H14.C7H8.2C2H6/c1-3-15(2)16-12-13-21-19-10-5-4-8-17(19)18-9-6-7-11-20(18)22(21)14-16;1-11-3-7-13(8-4-11)14-9-5-12(2)6-10-14;1-7-5-3-2-4-6-7;2*1-2/h4-15H,3H2,1-2H3;3-10H,1-2H3;2-6H,1H3;2*1-2H3. The number of hydrogen-bond donors (Lipinski definition) is 0. The summed E-state index contributed by atoms with van der Waals surface area (Å²) in [6.07, 6.45) is 1.18. The Balaban J connectivity index is 0.000000205. The first-order valence-corrected chi connectivity index (χ1v) is 17.4. The van der Waals surface area contributed by atoms with Gasteiger partial charge in [-0.2, -0.15) is 0 Å². The van der Waals surface area contributed by atoms with Crippen molar-refractivity contribution in [3.8, 4) is 11.1 Å². The molecule has 0 aliphatic rings. The van der Waals surface area contributed by atoms with Gasteiger partial charge in [-0.05, 0) is 82.1 Å². The molecule has 0 aliphatic carbocycles. The molecule has 47 heavy (non-hydrogen) atoms. The van der Waals surface area contributed by atoms with Gasteiger partial charge in [0.15, 0.2) is 0 Å². The number of hydrogen-bond acceptors (Lipinski definition) is 0. The van der Waals surface area contributed by atoms with Crippen LogP contribution in [0.4, 0.5) is 0 Å². The maximum Gasteiger partial charge on any atom is -0.00961 e. The predicted molar refractivity (Wildman–Crippen MR) is 213 cm³/mol. The van der Waals surface area contributed by atoms with E-state index in [4.69, 9.17) is 0 Å². The van der Waals surface area contributed by atoms with Crippen LogP contribution in [0.2, 0.25) is 0 Å². The van der Waals surface area contributed by atoms with Crippen LogP contribution < -0.4 is 0 Å². The first kappa shape index (κ1) is 36.8. The lowest BCUT2D eigenvalue weighted by Crippen LogP contribution is -1.92. The van der Waals surface area contributed by atoms with Gasteiger partial charge in [0.05, 0.1) is 0 Å². The maximum absolute atomic E-state index is 2.40. The van der Waals surface area contributed by atoms with Gasteiger partial charge in [0.25, 0.3) is 0 Å². The van der Waals surface area contributed by atoms with Crippen LogP contribution in [-0.2, 0) is 0 Å². The Bertz CT molecular complexity index is 1830. The van der Waals surface area contributed by atoms with E-state index in [1.807, 2.05) is 45.9 Å². The van der Waals surface area contributed by atoms with Crippen molar-refractivity contribution in [3.63, 3.8) is 0 Å². The summed E-state index contributed by atoms with van der Waals surface area (Å²) in [6, 6.07) is 52.1. The van der Waals surface area contributed by atoms with Crippen LogP contribution in [-0.4, -0.2) is 0 Å². The van der Waals surface area contributed by atoms with Crippen LogP contribution in [0.25, 0.3) is 43.4 Å². The summed E-state index contributed by atoms with van der Waals surface area (Å²) >= 11 is 0. The average molecular weight is 619 g/mol. The van der Waals surface area contributed by atoms with E-state index in [-0.39, 0.29) is 0 Å². The van der Waals surface area contributed by atoms with Crippen LogP contribution in [0.3, 0.4) is 0 Å². The lowest BCUT2D eigenvalue weighted by atomic mass is 9.90. The van der Waals surface area contributed by atoms with Crippen molar-refractivity contribution in [3.05, 3.63) is 168 Å². The van der Waals surface area contributed by atoms with Crippen molar-refractivity contribution in [2.75, 3.05) is 0 Å². The van der Waals surface area contributed by atoms with Gasteiger partial charge in [-0.15, -0.1) is 0 Å². The first-order chi connectivity index (χ1) is 22.9. The van der Waals surface area contributed by atoms with Gasteiger partial charge in [0.1, 0.15) is 0 Å². The molecule has 7 aromatic rings. The van der Waals surface area contributed by atoms with Gasteiger partial charge in [-0.3, -0.25) is 0 Å². The quantitative estimate of drug-likeness (QED) is 0.173. The van der Waals surface area contributed by atoms with Crippen LogP contribution in [0.5, 0.6) is 0 Å². The monoisotopic (exact) mass is 618 g/mol. The lowest BCUT2D eigenvalue weighted by Gasteiger charge is -2.14. The molecule has 242 valence electrons. The molecule has 0 heterocycles. The molecular formula is C47H54. The molecule has 0 amide bonds. The first-order valence-electron chi connectivity index (χ1n) is 17.4. The van der Waals surface area contributed by atoms with E-state index in [1.54, 1.807) is 0 Å². The largest absolute Gasteiger partial charge is 0.0683 e. The molecule has 0 nitrogen and oxygen atoms in total. The second kappa shape index (κ2) is 19.1. The smallest absolute Gasteiger partial charge is 0.00961 e. The molecule has 0 saturated heterocycles. The van der Waals surface area contributed by atoms with Crippen LogP contribution in [0.15, 0.2) is 146 Å². The molecule has 1 atom stereocenters.